The fourth-order valence-corrected chi connectivity index (χ4v) is 2.47. The zero-order chi connectivity index (χ0) is 12.3. The molecule has 0 radical (unpaired) electrons. The molecule has 88 valence electrons. The van der Waals surface area contributed by atoms with Gasteiger partial charge in [-0.05, 0) is 25.5 Å². The summed E-state index contributed by atoms with van der Waals surface area (Å²) in [5.74, 6) is 2.07. The summed E-state index contributed by atoms with van der Waals surface area (Å²) in [6, 6.07) is 10.1. The van der Waals surface area contributed by atoms with Gasteiger partial charge in [-0.15, -0.1) is 11.8 Å². The van der Waals surface area contributed by atoms with E-state index in [9.17, 15) is 0 Å². The first-order valence-electron chi connectivity index (χ1n) is 5.43. The number of thioether (sulfide) groups is 1. The first kappa shape index (κ1) is 11.9. The Morgan fingerprint density at radius 1 is 1.18 bits per heavy atom. The summed E-state index contributed by atoms with van der Waals surface area (Å²) >= 11 is 1.74. The number of aromatic nitrogens is 2. The second-order valence-corrected chi connectivity index (χ2v) is 4.92. The lowest BCUT2D eigenvalue weighted by molar-refractivity contribution is 1.00. The zero-order valence-corrected chi connectivity index (χ0v) is 10.8. The Bertz CT molecular complexity index is 506. The molecule has 2 aromatic rings. The van der Waals surface area contributed by atoms with Gasteiger partial charge in [0.2, 0.25) is 0 Å². The van der Waals surface area contributed by atoms with Crippen molar-refractivity contribution in [3.05, 3.63) is 47.4 Å². The summed E-state index contributed by atoms with van der Waals surface area (Å²) in [5.41, 5.74) is 7.89. The summed E-state index contributed by atoms with van der Waals surface area (Å²) in [4.78, 5) is 9.85. The standard InChI is InChI=1S/C13H15N3S/c1-9-5-3-4-6-11(9)17-8-13-15-10(2)7-12(14)16-13/h3-7H,8H2,1-2H3,(H2,14,15,16). The van der Waals surface area contributed by atoms with Crippen LogP contribution in [-0.2, 0) is 5.75 Å². The van der Waals surface area contributed by atoms with Crippen molar-refractivity contribution in [1.82, 2.24) is 9.97 Å². The summed E-state index contributed by atoms with van der Waals surface area (Å²) in [6.07, 6.45) is 0. The van der Waals surface area contributed by atoms with Gasteiger partial charge in [-0.2, -0.15) is 0 Å². The molecule has 1 aromatic carbocycles. The van der Waals surface area contributed by atoms with Crippen LogP contribution >= 0.6 is 11.8 Å². The van der Waals surface area contributed by atoms with Crippen molar-refractivity contribution in [3.8, 4) is 0 Å². The van der Waals surface area contributed by atoms with E-state index in [2.05, 4.69) is 29.0 Å². The van der Waals surface area contributed by atoms with E-state index in [1.54, 1.807) is 17.8 Å². The Morgan fingerprint density at radius 3 is 2.65 bits per heavy atom. The Kier molecular flexibility index (Phi) is 3.64. The maximum atomic E-state index is 5.70. The van der Waals surface area contributed by atoms with Gasteiger partial charge in [0.1, 0.15) is 11.6 Å². The normalized spacial score (nSPS) is 10.5. The highest BCUT2D eigenvalue weighted by molar-refractivity contribution is 7.98. The lowest BCUT2D eigenvalue weighted by Gasteiger charge is -2.05. The molecule has 0 fully saturated rings. The topological polar surface area (TPSA) is 51.8 Å². The van der Waals surface area contributed by atoms with Crippen LogP contribution in [0.5, 0.6) is 0 Å². The van der Waals surface area contributed by atoms with Crippen LogP contribution in [0.15, 0.2) is 35.2 Å². The third kappa shape index (κ3) is 3.20. The third-order valence-electron chi connectivity index (χ3n) is 2.37. The molecule has 0 unspecified atom stereocenters. The largest absolute Gasteiger partial charge is 0.384 e. The van der Waals surface area contributed by atoms with Crippen molar-refractivity contribution in [3.63, 3.8) is 0 Å². The number of nitrogens with two attached hydrogens (primary N) is 1. The first-order valence-corrected chi connectivity index (χ1v) is 6.42. The number of hydrogen-bond acceptors (Lipinski definition) is 4. The highest BCUT2D eigenvalue weighted by atomic mass is 32.2. The van der Waals surface area contributed by atoms with Crippen molar-refractivity contribution in [2.75, 3.05) is 5.73 Å². The molecule has 0 saturated heterocycles. The zero-order valence-electron chi connectivity index (χ0n) is 9.97. The van der Waals surface area contributed by atoms with Crippen molar-refractivity contribution < 1.29 is 0 Å². The van der Waals surface area contributed by atoms with Gasteiger partial charge in [0.05, 0.1) is 5.75 Å². The van der Waals surface area contributed by atoms with Crippen LogP contribution in [0.1, 0.15) is 17.1 Å². The average molecular weight is 245 g/mol. The SMILES string of the molecule is Cc1cc(N)nc(CSc2ccccc2C)n1. The number of aryl methyl sites for hydroxylation is 2. The van der Waals surface area contributed by atoms with E-state index in [0.717, 1.165) is 17.3 Å². The van der Waals surface area contributed by atoms with Gasteiger partial charge in [0.15, 0.2) is 0 Å². The van der Waals surface area contributed by atoms with Gasteiger partial charge in [0.25, 0.3) is 0 Å². The molecule has 0 amide bonds. The Labute approximate surface area is 105 Å². The molecule has 0 aliphatic heterocycles. The molecule has 1 heterocycles. The average Bonchev–Trinajstić information content (AvgIpc) is 2.27. The van der Waals surface area contributed by atoms with Crippen LogP contribution in [0.25, 0.3) is 0 Å². The second kappa shape index (κ2) is 5.19. The molecule has 0 aliphatic rings. The molecule has 4 heteroatoms. The summed E-state index contributed by atoms with van der Waals surface area (Å²) in [7, 11) is 0. The minimum absolute atomic E-state index is 0.540. The van der Waals surface area contributed by atoms with Gasteiger partial charge in [-0.3, -0.25) is 0 Å². The van der Waals surface area contributed by atoms with Crippen LogP contribution in [0, 0.1) is 13.8 Å². The van der Waals surface area contributed by atoms with Crippen LogP contribution in [0.4, 0.5) is 5.82 Å². The van der Waals surface area contributed by atoms with E-state index in [1.165, 1.54) is 10.5 Å². The van der Waals surface area contributed by atoms with Crippen LogP contribution < -0.4 is 5.73 Å². The monoisotopic (exact) mass is 245 g/mol. The molecule has 0 spiro atoms. The number of nitrogens with zero attached hydrogens (tertiary/aromatic N) is 2. The Morgan fingerprint density at radius 2 is 1.94 bits per heavy atom. The summed E-state index contributed by atoms with van der Waals surface area (Å²) in [5, 5.41) is 0. The number of hydrogen-bond donors (Lipinski definition) is 1. The van der Waals surface area contributed by atoms with Crippen LogP contribution in [-0.4, -0.2) is 9.97 Å². The Hall–Kier alpha value is -1.55. The predicted octanol–water partition coefficient (Wildman–Crippen LogP) is 2.97. The highest BCUT2D eigenvalue weighted by Gasteiger charge is 2.03. The summed E-state index contributed by atoms with van der Waals surface area (Å²) < 4.78 is 0. The molecule has 0 bridgehead atoms. The van der Waals surface area contributed by atoms with Gasteiger partial charge < -0.3 is 5.73 Å². The fourth-order valence-electron chi connectivity index (χ4n) is 1.58. The maximum Gasteiger partial charge on any atom is 0.141 e. The van der Waals surface area contributed by atoms with Crippen molar-refractivity contribution in [1.29, 1.82) is 0 Å². The highest BCUT2D eigenvalue weighted by Crippen LogP contribution is 2.24. The lowest BCUT2D eigenvalue weighted by atomic mass is 10.2. The minimum Gasteiger partial charge on any atom is -0.384 e. The van der Waals surface area contributed by atoms with E-state index >= 15 is 0 Å². The maximum absolute atomic E-state index is 5.70. The quantitative estimate of drug-likeness (QED) is 0.845. The second-order valence-electron chi connectivity index (χ2n) is 3.90. The van der Waals surface area contributed by atoms with E-state index < -0.39 is 0 Å². The van der Waals surface area contributed by atoms with Crippen LogP contribution in [0.3, 0.4) is 0 Å². The molecule has 0 aliphatic carbocycles. The Balaban J connectivity index is 2.10. The van der Waals surface area contributed by atoms with Gasteiger partial charge in [-0.25, -0.2) is 9.97 Å². The minimum atomic E-state index is 0.540. The molecular formula is C13H15N3S. The van der Waals surface area contributed by atoms with Gasteiger partial charge in [0, 0.05) is 16.7 Å². The van der Waals surface area contributed by atoms with Gasteiger partial charge in [-0.1, -0.05) is 18.2 Å². The molecule has 0 saturated carbocycles. The van der Waals surface area contributed by atoms with Gasteiger partial charge >= 0.3 is 0 Å². The molecule has 2 N–H and O–H groups in total. The predicted molar refractivity (Wildman–Crippen MR) is 71.9 cm³/mol. The molecule has 3 nitrogen and oxygen atoms in total. The number of rotatable bonds is 3. The van der Waals surface area contributed by atoms with E-state index in [0.29, 0.717) is 5.82 Å². The van der Waals surface area contributed by atoms with E-state index in [1.807, 2.05) is 19.1 Å². The molecule has 17 heavy (non-hydrogen) atoms. The molecule has 2 rings (SSSR count). The fraction of sp³-hybridized carbons (Fsp3) is 0.231. The van der Waals surface area contributed by atoms with E-state index in [4.69, 9.17) is 5.73 Å². The first-order chi connectivity index (χ1) is 8.15. The number of nitrogen functional groups attached to an aromatic ring is 1. The van der Waals surface area contributed by atoms with E-state index in [-0.39, 0.29) is 0 Å². The number of benzene rings is 1. The molecular weight excluding hydrogens is 230 g/mol. The third-order valence-corrected chi connectivity index (χ3v) is 3.54. The molecule has 0 atom stereocenters. The number of anilines is 1. The molecule has 1 aromatic heterocycles. The van der Waals surface area contributed by atoms with Crippen molar-refractivity contribution in [2.45, 2.75) is 24.5 Å². The summed E-state index contributed by atoms with van der Waals surface area (Å²) in [6.45, 7) is 4.04. The lowest BCUT2D eigenvalue weighted by Crippen LogP contribution is -1.99. The smallest absolute Gasteiger partial charge is 0.141 e. The van der Waals surface area contributed by atoms with Crippen molar-refractivity contribution >= 4 is 17.6 Å². The van der Waals surface area contributed by atoms with Crippen molar-refractivity contribution in [2.24, 2.45) is 0 Å². The van der Waals surface area contributed by atoms with Crippen LogP contribution in [0.2, 0.25) is 0 Å².